The Kier molecular flexibility index (Phi) is 6.37. The standard InChI is InChI=1S/C22H23F2N3O5S/c1-13(26-16-8-14(23)7-15(24)9-16)18-10-17(33(29,30)25-2)11-19-20(28)12-21(32-22(18)19)27-3-5-31-6-4-27/h7-13,25-26H,3-6H2,1-2H3. The third kappa shape index (κ3) is 4.85. The lowest BCUT2D eigenvalue weighted by Gasteiger charge is -2.27. The molecule has 1 aromatic heterocycles. The van der Waals surface area contributed by atoms with Gasteiger partial charge in [-0.25, -0.2) is 21.9 Å². The molecule has 3 aromatic rings. The fourth-order valence-electron chi connectivity index (χ4n) is 3.74. The van der Waals surface area contributed by atoms with Crippen LogP contribution in [0.1, 0.15) is 18.5 Å². The smallest absolute Gasteiger partial charge is 0.240 e. The average Bonchev–Trinajstić information content (AvgIpc) is 2.78. The first-order chi connectivity index (χ1) is 15.7. The van der Waals surface area contributed by atoms with Gasteiger partial charge in [-0.05, 0) is 38.2 Å². The van der Waals surface area contributed by atoms with Crippen LogP contribution in [0.3, 0.4) is 0 Å². The second-order valence-corrected chi connectivity index (χ2v) is 9.56. The lowest BCUT2D eigenvalue weighted by molar-refractivity contribution is 0.121. The SMILES string of the molecule is CNS(=O)(=O)c1cc(C(C)Nc2cc(F)cc(F)c2)c2oc(N3CCOCC3)cc(=O)c2c1. The van der Waals surface area contributed by atoms with Gasteiger partial charge in [0.25, 0.3) is 0 Å². The van der Waals surface area contributed by atoms with Crippen molar-refractivity contribution in [2.75, 3.05) is 43.6 Å². The molecule has 11 heteroatoms. The Bertz CT molecular complexity index is 1330. The number of fused-ring (bicyclic) bond motifs is 1. The van der Waals surface area contributed by atoms with Crippen LogP contribution >= 0.6 is 0 Å². The fraction of sp³-hybridized carbons (Fsp3) is 0.318. The maximum atomic E-state index is 13.7. The van der Waals surface area contributed by atoms with E-state index in [1.54, 1.807) is 6.92 Å². The van der Waals surface area contributed by atoms with E-state index >= 15 is 0 Å². The van der Waals surface area contributed by atoms with Crippen molar-refractivity contribution < 1.29 is 26.4 Å². The van der Waals surface area contributed by atoms with Crippen molar-refractivity contribution in [1.29, 1.82) is 0 Å². The summed E-state index contributed by atoms with van der Waals surface area (Å²) in [4.78, 5) is 14.7. The Balaban J connectivity index is 1.88. The molecule has 1 saturated heterocycles. The van der Waals surface area contributed by atoms with Gasteiger partial charge in [-0.2, -0.15) is 0 Å². The van der Waals surface area contributed by atoms with Crippen LogP contribution in [0.5, 0.6) is 0 Å². The number of anilines is 2. The summed E-state index contributed by atoms with van der Waals surface area (Å²) in [6, 6.07) is 6.29. The van der Waals surface area contributed by atoms with E-state index < -0.39 is 33.1 Å². The van der Waals surface area contributed by atoms with Crippen LogP contribution < -0.4 is 20.4 Å². The molecule has 33 heavy (non-hydrogen) atoms. The molecular weight excluding hydrogens is 456 g/mol. The molecule has 8 nitrogen and oxygen atoms in total. The Morgan fingerprint density at radius 3 is 2.33 bits per heavy atom. The summed E-state index contributed by atoms with van der Waals surface area (Å²) in [5.41, 5.74) is 0.284. The topological polar surface area (TPSA) is 101 Å². The van der Waals surface area contributed by atoms with Gasteiger partial charge in [0.2, 0.25) is 10.0 Å². The van der Waals surface area contributed by atoms with Gasteiger partial charge in [-0.1, -0.05) is 0 Å². The van der Waals surface area contributed by atoms with E-state index in [9.17, 15) is 22.0 Å². The minimum absolute atomic E-state index is 0.0809. The monoisotopic (exact) mass is 479 g/mol. The van der Waals surface area contributed by atoms with Crippen molar-refractivity contribution >= 4 is 32.6 Å². The molecule has 2 aromatic carbocycles. The molecule has 1 atom stereocenters. The number of rotatable bonds is 6. The second-order valence-electron chi connectivity index (χ2n) is 7.67. The normalized spacial score (nSPS) is 15.6. The van der Waals surface area contributed by atoms with Gasteiger partial charge in [0, 0.05) is 36.5 Å². The van der Waals surface area contributed by atoms with E-state index in [2.05, 4.69) is 10.0 Å². The van der Waals surface area contributed by atoms with Gasteiger partial charge >= 0.3 is 0 Å². The number of benzene rings is 2. The highest BCUT2D eigenvalue weighted by Gasteiger charge is 2.23. The summed E-state index contributed by atoms with van der Waals surface area (Å²) >= 11 is 0. The van der Waals surface area contributed by atoms with Gasteiger partial charge < -0.3 is 19.4 Å². The largest absolute Gasteiger partial charge is 0.440 e. The van der Waals surface area contributed by atoms with Crippen LogP contribution in [-0.4, -0.2) is 41.8 Å². The van der Waals surface area contributed by atoms with Gasteiger partial charge in [0.05, 0.1) is 29.5 Å². The van der Waals surface area contributed by atoms with Crippen molar-refractivity contribution in [3.8, 4) is 0 Å². The van der Waals surface area contributed by atoms with Crippen molar-refractivity contribution in [2.24, 2.45) is 0 Å². The van der Waals surface area contributed by atoms with Crippen molar-refractivity contribution in [3.63, 3.8) is 0 Å². The third-order valence-corrected chi connectivity index (χ3v) is 6.83. The number of morpholine rings is 1. The number of hydrogen-bond acceptors (Lipinski definition) is 7. The van der Waals surface area contributed by atoms with E-state index in [0.717, 1.165) is 18.2 Å². The number of halogens is 2. The molecule has 2 heterocycles. The molecule has 0 radical (unpaired) electrons. The van der Waals surface area contributed by atoms with Crippen LogP contribution in [0.25, 0.3) is 11.0 Å². The van der Waals surface area contributed by atoms with E-state index in [0.29, 0.717) is 37.8 Å². The number of ether oxygens (including phenoxy) is 1. The third-order valence-electron chi connectivity index (χ3n) is 5.43. The summed E-state index contributed by atoms with van der Waals surface area (Å²) < 4.78 is 66.0. The highest BCUT2D eigenvalue weighted by molar-refractivity contribution is 7.89. The second kappa shape index (κ2) is 9.08. The van der Waals surface area contributed by atoms with Crippen LogP contribution in [-0.2, 0) is 14.8 Å². The van der Waals surface area contributed by atoms with Crippen LogP contribution in [0, 0.1) is 11.6 Å². The van der Waals surface area contributed by atoms with Gasteiger partial charge in [0.15, 0.2) is 11.3 Å². The highest BCUT2D eigenvalue weighted by Crippen LogP contribution is 2.31. The fourth-order valence-corrected chi connectivity index (χ4v) is 4.53. The Morgan fingerprint density at radius 2 is 1.70 bits per heavy atom. The lowest BCUT2D eigenvalue weighted by atomic mass is 10.0. The first kappa shape index (κ1) is 23.1. The molecule has 0 saturated carbocycles. The number of nitrogens with one attached hydrogen (secondary N) is 2. The average molecular weight is 480 g/mol. The zero-order valence-corrected chi connectivity index (χ0v) is 18.8. The molecule has 0 amide bonds. The van der Waals surface area contributed by atoms with Gasteiger partial charge in [-0.15, -0.1) is 0 Å². The summed E-state index contributed by atoms with van der Waals surface area (Å²) in [5.74, 6) is -1.19. The highest BCUT2D eigenvalue weighted by atomic mass is 32.2. The molecule has 1 unspecified atom stereocenters. The molecule has 0 aliphatic carbocycles. The molecule has 4 rings (SSSR count). The quantitative estimate of drug-likeness (QED) is 0.561. The lowest BCUT2D eigenvalue weighted by Crippen LogP contribution is -2.36. The number of sulfonamides is 1. The first-order valence-electron chi connectivity index (χ1n) is 10.3. The molecule has 0 bridgehead atoms. The predicted molar refractivity (Wildman–Crippen MR) is 120 cm³/mol. The van der Waals surface area contributed by atoms with E-state index in [4.69, 9.17) is 9.15 Å². The van der Waals surface area contributed by atoms with Crippen LogP contribution in [0.15, 0.2) is 50.5 Å². The minimum Gasteiger partial charge on any atom is -0.440 e. The number of hydrogen-bond donors (Lipinski definition) is 2. The zero-order chi connectivity index (χ0) is 23.8. The maximum absolute atomic E-state index is 13.7. The molecular formula is C22H23F2N3O5S. The maximum Gasteiger partial charge on any atom is 0.240 e. The van der Waals surface area contributed by atoms with E-state index in [1.807, 2.05) is 4.90 Å². The summed E-state index contributed by atoms with van der Waals surface area (Å²) in [6.07, 6.45) is 0. The molecule has 1 fully saturated rings. The summed E-state index contributed by atoms with van der Waals surface area (Å²) in [7, 11) is -2.62. The number of nitrogens with zero attached hydrogens (tertiary/aromatic N) is 1. The Hall–Kier alpha value is -3.02. The van der Waals surface area contributed by atoms with E-state index in [-0.39, 0.29) is 21.6 Å². The van der Waals surface area contributed by atoms with Gasteiger partial charge in [-0.3, -0.25) is 4.79 Å². The zero-order valence-electron chi connectivity index (χ0n) is 18.0. The molecule has 1 aliphatic heterocycles. The van der Waals surface area contributed by atoms with E-state index in [1.165, 1.54) is 25.2 Å². The molecule has 176 valence electrons. The predicted octanol–water partition coefficient (Wildman–Crippen LogP) is 2.99. The summed E-state index contributed by atoms with van der Waals surface area (Å²) in [6.45, 7) is 3.71. The first-order valence-corrected chi connectivity index (χ1v) is 11.8. The van der Waals surface area contributed by atoms with Crippen LogP contribution in [0.2, 0.25) is 0 Å². The Labute approximate surface area is 189 Å². The van der Waals surface area contributed by atoms with Crippen LogP contribution in [0.4, 0.5) is 20.4 Å². The van der Waals surface area contributed by atoms with Crippen molar-refractivity contribution in [1.82, 2.24) is 4.72 Å². The molecule has 0 spiro atoms. The van der Waals surface area contributed by atoms with Gasteiger partial charge in [0.1, 0.15) is 17.2 Å². The molecule has 1 aliphatic rings. The summed E-state index contributed by atoms with van der Waals surface area (Å²) in [5, 5.41) is 3.04. The minimum atomic E-state index is -3.88. The van der Waals surface area contributed by atoms with Crippen molar-refractivity contribution in [2.45, 2.75) is 17.9 Å². The van der Waals surface area contributed by atoms with Crippen molar-refractivity contribution in [3.05, 3.63) is 63.8 Å². The Morgan fingerprint density at radius 1 is 1.03 bits per heavy atom. The molecule has 2 N–H and O–H groups in total.